The Kier molecular flexibility index (Phi) is 3.13. The summed E-state index contributed by atoms with van der Waals surface area (Å²) in [6.07, 6.45) is 0.268. The molecule has 1 aliphatic heterocycles. The minimum absolute atomic E-state index is 0.00997. The summed E-state index contributed by atoms with van der Waals surface area (Å²) in [4.78, 5) is 23.3. The Labute approximate surface area is 104 Å². The van der Waals surface area contributed by atoms with Gasteiger partial charge in [0.25, 0.3) is 5.91 Å². The average molecular weight is 253 g/mol. The molecule has 2 heterocycles. The summed E-state index contributed by atoms with van der Waals surface area (Å²) in [6.45, 7) is 3.72. The van der Waals surface area contributed by atoms with Crippen molar-refractivity contribution < 1.29 is 23.8 Å². The monoisotopic (exact) mass is 253 g/mol. The molecule has 0 bridgehead atoms. The van der Waals surface area contributed by atoms with Crippen LogP contribution in [0.25, 0.3) is 0 Å². The number of ether oxygens (including phenoxy) is 1. The number of hydrogen-bond acceptors (Lipinski definition) is 4. The van der Waals surface area contributed by atoms with Gasteiger partial charge in [0, 0.05) is 13.0 Å². The van der Waals surface area contributed by atoms with Crippen molar-refractivity contribution in [1.29, 1.82) is 0 Å². The van der Waals surface area contributed by atoms with Crippen LogP contribution in [-0.4, -0.2) is 35.7 Å². The molecule has 1 aliphatic rings. The maximum atomic E-state index is 12.1. The molecule has 0 spiro atoms. The lowest BCUT2D eigenvalue weighted by atomic mass is 9.98. The molecule has 1 fully saturated rings. The van der Waals surface area contributed by atoms with Gasteiger partial charge in [0.05, 0.1) is 12.2 Å². The quantitative estimate of drug-likeness (QED) is 0.834. The van der Waals surface area contributed by atoms with Gasteiger partial charge in [-0.05, 0) is 19.9 Å². The number of aryl methyl sites for hydroxylation is 2. The van der Waals surface area contributed by atoms with E-state index >= 15 is 0 Å². The second-order valence-electron chi connectivity index (χ2n) is 4.47. The summed E-state index contributed by atoms with van der Waals surface area (Å²) in [5, 5.41) is 11.8. The number of nitrogens with one attached hydrogen (secondary N) is 1. The number of carbonyl (C=O) groups is 2. The van der Waals surface area contributed by atoms with Gasteiger partial charge in [-0.1, -0.05) is 0 Å². The van der Waals surface area contributed by atoms with Gasteiger partial charge >= 0.3 is 5.97 Å². The molecule has 1 saturated heterocycles. The normalized spacial score (nSPS) is 23.0. The highest BCUT2D eigenvalue weighted by Crippen LogP contribution is 2.21. The first-order valence-electron chi connectivity index (χ1n) is 5.65. The van der Waals surface area contributed by atoms with Crippen molar-refractivity contribution in [2.24, 2.45) is 0 Å². The van der Waals surface area contributed by atoms with Gasteiger partial charge in [-0.15, -0.1) is 0 Å². The van der Waals surface area contributed by atoms with Crippen LogP contribution in [0.5, 0.6) is 0 Å². The van der Waals surface area contributed by atoms with Crippen LogP contribution < -0.4 is 5.32 Å². The summed E-state index contributed by atoms with van der Waals surface area (Å²) in [5.74, 6) is -0.433. The highest BCUT2D eigenvalue weighted by Gasteiger charge is 2.44. The van der Waals surface area contributed by atoms with Crippen molar-refractivity contribution in [2.75, 3.05) is 13.2 Å². The van der Waals surface area contributed by atoms with Gasteiger partial charge in [-0.2, -0.15) is 0 Å². The molecule has 1 amide bonds. The van der Waals surface area contributed by atoms with E-state index in [1.54, 1.807) is 19.9 Å². The van der Waals surface area contributed by atoms with Crippen molar-refractivity contribution in [3.05, 3.63) is 23.2 Å². The molecule has 0 aliphatic carbocycles. The molecule has 0 saturated carbocycles. The molecule has 6 nitrogen and oxygen atoms in total. The zero-order valence-electron chi connectivity index (χ0n) is 10.3. The maximum absolute atomic E-state index is 12.1. The van der Waals surface area contributed by atoms with E-state index in [4.69, 9.17) is 9.15 Å². The predicted octanol–water partition coefficient (Wildman–Crippen LogP) is 0.870. The molecule has 6 heteroatoms. The molecule has 1 unspecified atom stereocenters. The van der Waals surface area contributed by atoms with E-state index < -0.39 is 17.4 Å². The molecule has 18 heavy (non-hydrogen) atoms. The van der Waals surface area contributed by atoms with E-state index in [1.165, 1.54) is 0 Å². The topological polar surface area (TPSA) is 88.8 Å². The molecule has 0 aromatic carbocycles. The number of aliphatic carboxylic acids is 1. The molecule has 2 N–H and O–H groups in total. The van der Waals surface area contributed by atoms with E-state index in [-0.39, 0.29) is 13.0 Å². The van der Waals surface area contributed by atoms with Crippen LogP contribution in [0.15, 0.2) is 10.5 Å². The second-order valence-corrected chi connectivity index (χ2v) is 4.47. The molecule has 98 valence electrons. The van der Waals surface area contributed by atoms with Crippen LogP contribution >= 0.6 is 0 Å². The Morgan fingerprint density at radius 1 is 1.44 bits per heavy atom. The van der Waals surface area contributed by atoms with E-state index in [0.29, 0.717) is 23.7 Å². The Balaban J connectivity index is 2.20. The zero-order valence-corrected chi connectivity index (χ0v) is 10.3. The number of rotatable bonds is 3. The fourth-order valence-electron chi connectivity index (χ4n) is 2.03. The number of furan rings is 1. The zero-order chi connectivity index (χ0) is 13.3. The number of carboxylic acid groups (broad SMARTS) is 1. The lowest BCUT2D eigenvalue weighted by Gasteiger charge is -2.23. The SMILES string of the molecule is Cc1cc(C(=O)NC2(C(=O)O)CCOC2)c(C)o1. The van der Waals surface area contributed by atoms with Crippen LogP contribution in [0.1, 0.15) is 28.3 Å². The van der Waals surface area contributed by atoms with Gasteiger partial charge in [0.1, 0.15) is 11.5 Å². The number of carboxylic acids is 1. The van der Waals surface area contributed by atoms with E-state index in [9.17, 15) is 14.7 Å². The van der Waals surface area contributed by atoms with Crippen LogP contribution in [0.3, 0.4) is 0 Å². The first-order chi connectivity index (χ1) is 8.44. The highest BCUT2D eigenvalue weighted by molar-refractivity contribution is 5.98. The van der Waals surface area contributed by atoms with Crippen molar-refractivity contribution in [1.82, 2.24) is 5.32 Å². The first-order valence-corrected chi connectivity index (χ1v) is 5.65. The van der Waals surface area contributed by atoms with E-state index in [0.717, 1.165) is 0 Å². The van der Waals surface area contributed by atoms with Crippen LogP contribution in [0.2, 0.25) is 0 Å². The minimum Gasteiger partial charge on any atom is -0.479 e. The largest absolute Gasteiger partial charge is 0.479 e. The summed E-state index contributed by atoms with van der Waals surface area (Å²) >= 11 is 0. The third-order valence-electron chi connectivity index (χ3n) is 3.07. The van der Waals surface area contributed by atoms with Crippen LogP contribution in [0, 0.1) is 13.8 Å². The maximum Gasteiger partial charge on any atom is 0.331 e. The highest BCUT2D eigenvalue weighted by atomic mass is 16.5. The van der Waals surface area contributed by atoms with Crippen molar-refractivity contribution in [3.63, 3.8) is 0 Å². The average Bonchev–Trinajstić information content (AvgIpc) is 2.86. The fourth-order valence-corrected chi connectivity index (χ4v) is 2.03. The minimum atomic E-state index is -1.32. The predicted molar refractivity (Wildman–Crippen MR) is 61.5 cm³/mol. The third-order valence-corrected chi connectivity index (χ3v) is 3.07. The van der Waals surface area contributed by atoms with E-state index in [1.807, 2.05) is 0 Å². The van der Waals surface area contributed by atoms with Gasteiger partial charge < -0.3 is 19.6 Å². The second kappa shape index (κ2) is 4.45. The van der Waals surface area contributed by atoms with Gasteiger partial charge in [-0.3, -0.25) is 4.79 Å². The number of amides is 1. The molecule has 1 atom stereocenters. The smallest absolute Gasteiger partial charge is 0.331 e. The molecule has 2 rings (SSSR count). The third kappa shape index (κ3) is 2.11. The Morgan fingerprint density at radius 3 is 2.61 bits per heavy atom. The van der Waals surface area contributed by atoms with Crippen LogP contribution in [-0.2, 0) is 9.53 Å². The van der Waals surface area contributed by atoms with Gasteiger partial charge in [-0.25, -0.2) is 4.79 Å². The summed E-state index contributed by atoms with van der Waals surface area (Å²) in [6, 6.07) is 1.59. The lowest BCUT2D eigenvalue weighted by Crippen LogP contribution is -2.55. The first kappa shape index (κ1) is 12.6. The molecular formula is C12H15NO5. The Hall–Kier alpha value is -1.82. The summed E-state index contributed by atoms with van der Waals surface area (Å²) in [7, 11) is 0. The summed E-state index contributed by atoms with van der Waals surface area (Å²) in [5.41, 5.74) is -0.964. The van der Waals surface area contributed by atoms with Gasteiger partial charge in [0.2, 0.25) is 0 Å². The van der Waals surface area contributed by atoms with Gasteiger partial charge in [0.15, 0.2) is 5.54 Å². The fraction of sp³-hybridized carbons (Fsp3) is 0.500. The van der Waals surface area contributed by atoms with Crippen LogP contribution in [0.4, 0.5) is 0 Å². The number of hydrogen-bond donors (Lipinski definition) is 2. The standard InChI is InChI=1S/C12H15NO5/c1-7-5-9(8(2)18-7)10(14)13-12(11(15)16)3-4-17-6-12/h5H,3-4,6H2,1-2H3,(H,13,14)(H,15,16). The van der Waals surface area contributed by atoms with Crippen molar-refractivity contribution in [3.8, 4) is 0 Å². The van der Waals surface area contributed by atoms with Crippen molar-refractivity contribution in [2.45, 2.75) is 25.8 Å². The van der Waals surface area contributed by atoms with Crippen molar-refractivity contribution >= 4 is 11.9 Å². The Morgan fingerprint density at radius 2 is 2.17 bits per heavy atom. The summed E-state index contributed by atoms with van der Waals surface area (Å²) < 4.78 is 10.3. The number of carbonyl (C=O) groups excluding carboxylic acids is 1. The Bertz CT molecular complexity index is 485. The molecule has 0 radical (unpaired) electrons. The molecule has 1 aromatic heterocycles. The lowest BCUT2D eigenvalue weighted by molar-refractivity contribution is -0.144. The van der Waals surface area contributed by atoms with E-state index in [2.05, 4.69) is 5.32 Å². The molecular weight excluding hydrogens is 238 g/mol. The molecule has 1 aromatic rings.